The molecule has 2 atom stereocenters. The van der Waals surface area contributed by atoms with Crippen LogP contribution in [0.3, 0.4) is 0 Å². The highest BCUT2D eigenvalue weighted by Gasteiger charge is 2.23. The Hall–Kier alpha value is -0.860. The van der Waals surface area contributed by atoms with Gasteiger partial charge in [0.2, 0.25) is 0 Å². The molecule has 0 saturated carbocycles. The van der Waals surface area contributed by atoms with Gasteiger partial charge in [0, 0.05) is 12.6 Å². The van der Waals surface area contributed by atoms with Gasteiger partial charge >= 0.3 is 0 Å². The molecule has 1 aromatic carbocycles. The van der Waals surface area contributed by atoms with Gasteiger partial charge in [-0.05, 0) is 50.8 Å². The van der Waals surface area contributed by atoms with Gasteiger partial charge in [-0.15, -0.1) is 0 Å². The van der Waals surface area contributed by atoms with Gasteiger partial charge in [0.1, 0.15) is 0 Å². The van der Waals surface area contributed by atoms with Crippen molar-refractivity contribution in [3.8, 4) is 0 Å². The van der Waals surface area contributed by atoms with Crippen LogP contribution in [-0.4, -0.2) is 24.5 Å². The molecule has 0 bridgehead atoms. The first-order valence-corrected chi connectivity index (χ1v) is 6.80. The molecule has 2 N–H and O–H groups in total. The van der Waals surface area contributed by atoms with Gasteiger partial charge in [0.15, 0.2) is 0 Å². The Balaban J connectivity index is 1.97. The third-order valence-electron chi connectivity index (χ3n) is 3.96. The minimum absolute atomic E-state index is 0.539. The van der Waals surface area contributed by atoms with Gasteiger partial charge in [0.05, 0.1) is 0 Å². The number of hydrogen-bond donors (Lipinski definition) is 1. The highest BCUT2D eigenvalue weighted by Crippen LogP contribution is 2.27. The molecule has 0 spiro atoms. The number of nitrogens with two attached hydrogens (primary N) is 1. The average molecular weight is 232 g/mol. The lowest BCUT2D eigenvalue weighted by Crippen LogP contribution is -2.37. The van der Waals surface area contributed by atoms with Gasteiger partial charge < -0.3 is 5.73 Å². The SMILES string of the molecule is CC(c1ccccc1)N1CCCC(CCN)C1. The summed E-state index contributed by atoms with van der Waals surface area (Å²) in [4.78, 5) is 2.61. The molecule has 1 aromatic rings. The number of nitrogens with zero attached hydrogens (tertiary/aromatic N) is 1. The van der Waals surface area contributed by atoms with E-state index < -0.39 is 0 Å². The van der Waals surface area contributed by atoms with E-state index in [0.29, 0.717) is 6.04 Å². The molecule has 1 heterocycles. The minimum atomic E-state index is 0.539. The Bertz CT molecular complexity index is 321. The Morgan fingerprint density at radius 3 is 2.82 bits per heavy atom. The average Bonchev–Trinajstić information content (AvgIpc) is 2.40. The van der Waals surface area contributed by atoms with Gasteiger partial charge in [-0.2, -0.15) is 0 Å². The molecular weight excluding hydrogens is 208 g/mol. The van der Waals surface area contributed by atoms with Crippen molar-refractivity contribution in [2.24, 2.45) is 11.7 Å². The van der Waals surface area contributed by atoms with E-state index in [1.165, 1.54) is 37.9 Å². The molecular formula is C15H24N2. The van der Waals surface area contributed by atoms with E-state index >= 15 is 0 Å². The normalized spacial score (nSPS) is 23.5. The summed E-state index contributed by atoms with van der Waals surface area (Å²) in [5.74, 6) is 0.805. The highest BCUT2D eigenvalue weighted by molar-refractivity contribution is 5.18. The van der Waals surface area contributed by atoms with Crippen molar-refractivity contribution in [3.63, 3.8) is 0 Å². The van der Waals surface area contributed by atoms with Crippen molar-refractivity contribution in [2.45, 2.75) is 32.2 Å². The predicted octanol–water partition coefficient (Wildman–Crippen LogP) is 2.81. The van der Waals surface area contributed by atoms with E-state index in [4.69, 9.17) is 5.73 Å². The van der Waals surface area contributed by atoms with Gasteiger partial charge in [-0.3, -0.25) is 4.90 Å². The Morgan fingerprint density at radius 2 is 2.12 bits per heavy atom. The van der Waals surface area contributed by atoms with Crippen LogP contribution in [-0.2, 0) is 0 Å². The maximum Gasteiger partial charge on any atom is 0.0319 e. The van der Waals surface area contributed by atoms with Crippen LogP contribution in [0.4, 0.5) is 0 Å². The second kappa shape index (κ2) is 6.18. The van der Waals surface area contributed by atoms with Crippen LogP contribution in [0.25, 0.3) is 0 Å². The zero-order chi connectivity index (χ0) is 12.1. The van der Waals surface area contributed by atoms with Crippen LogP contribution in [0.15, 0.2) is 30.3 Å². The van der Waals surface area contributed by atoms with Gasteiger partial charge in [0.25, 0.3) is 0 Å². The number of rotatable bonds is 4. The van der Waals surface area contributed by atoms with Crippen molar-refractivity contribution < 1.29 is 0 Å². The molecule has 2 rings (SSSR count). The first-order valence-electron chi connectivity index (χ1n) is 6.80. The quantitative estimate of drug-likeness (QED) is 0.865. The Morgan fingerprint density at radius 1 is 1.35 bits per heavy atom. The second-order valence-corrected chi connectivity index (χ2v) is 5.17. The maximum atomic E-state index is 5.67. The summed E-state index contributed by atoms with van der Waals surface area (Å²) in [6.45, 7) is 5.60. The van der Waals surface area contributed by atoms with E-state index in [9.17, 15) is 0 Å². The van der Waals surface area contributed by atoms with E-state index in [1.54, 1.807) is 0 Å². The number of hydrogen-bond acceptors (Lipinski definition) is 2. The van der Waals surface area contributed by atoms with Crippen LogP contribution >= 0.6 is 0 Å². The molecule has 0 aromatic heterocycles. The number of benzene rings is 1. The summed E-state index contributed by atoms with van der Waals surface area (Å²) in [7, 11) is 0. The molecule has 2 heteroatoms. The third-order valence-corrected chi connectivity index (χ3v) is 3.96. The second-order valence-electron chi connectivity index (χ2n) is 5.17. The molecule has 2 unspecified atom stereocenters. The van der Waals surface area contributed by atoms with Crippen LogP contribution in [0.2, 0.25) is 0 Å². The van der Waals surface area contributed by atoms with E-state index in [2.05, 4.69) is 42.2 Å². The topological polar surface area (TPSA) is 29.3 Å². The van der Waals surface area contributed by atoms with Gasteiger partial charge in [-0.1, -0.05) is 30.3 Å². The van der Waals surface area contributed by atoms with E-state index in [-0.39, 0.29) is 0 Å². The standard InChI is InChI=1S/C15H24N2/c1-13(15-7-3-2-4-8-15)17-11-5-6-14(12-17)9-10-16/h2-4,7-8,13-14H,5-6,9-12,16H2,1H3. The van der Waals surface area contributed by atoms with Crippen LogP contribution in [0.1, 0.15) is 37.8 Å². The number of piperidine rings is 1. The van der Waals surface area contributed by atoms with Crippen molar-refractivity contribution in [3.05, 3.63) is 35.9 Å². The predicted molar refractivity (Wildman–Crippen MR) is 72.8 cm³/mol. The fourth-order valence-electron chi connectivity index (χ4n) is 2.86. The van der Waals surface area contributed by atoms with Crippen LogP contribution in [0, 0.1) is 5.92 Å². The first-order chi connectivity index (χ1) is 8.31. The fraction of sp³-hybridized carbons (Fsp3) is 0.600. The molecule has 2 nitrogen and oxygen atoms in total. The highest BCUT2D eigenvalue weighted by atomic mass is 15.2. The van der Waals surface area contributed by atoms with Crippen molar-refractivity contribution in [1.82, 2.24) is 4.90 Å². The van der Waals surface area contributed by atoms with E-state index in [0.717, 1.165) is 12.5 Å². The molecule has 0 radical (unpaired) electrons. The Kier molecular flexibility index (Phi) is 4.57. The van der Waals surface area contributed by atoms with Crippen molar-refractivity contribution in [1.29, 1.82) is 0 Å². The zero-order valence-corrected chi connectivity index (χ0v) is 10.8. The molecule has 1 saturated heterocycles. The molecule has 1 fully saturated rings. The lowest BCUT2D eigenvalue weighted by atomic mass is 9.93. The Labute approximate surface area is 105 Å². The zero-order valence-electron chi connectivity index (χ0n) is 10.8. The summed E-state index contributed by atoms with van der Waals surface area (Å²) in [6, 6.07) is 11.4. The van der Waals surface area contributed by atoms with Crippen molar-refractivity contribution >= 4 is 0 Å². The minimum Gasteiger partial charge on any atom is -0.330 e. The summed E-state index contributed by atoms with van der Waals surface area (Å²) < 4.78 is 0. The molecule has 1 aliphatic rings. The maximum absolute atomic E-state index is 5.67. The fourth-order valence-corrected chi connectivity index (χ4v) is 2.86. The van der Waals surface area contributed by atoms with Gasteiger partial charge in [-0.25, -0.2) is 0 Å². The van der Waals surface area contributed by atoms with Crippen LogP contribution in [0.5, 0.6) is 0 Å². The summed E-state index contributed by atoms with van der Waals surface area (Å²) in [5.41, 5.74) is 7.10. The number of likely N-dealkylation sites (tertiary alicyclic amines) is 1. The lowest BCUT2D eigenvalue weighted by molar-refractivity contribution is 0.128. The smallest absolute Gasteiger partial charge is 0.0319 e. The summed E-state index contributed by atoms with van der Waals surface area (Å²) >= 11 is 0. The summed E-state index contributed by atoms with van der Waals surface area (Å²) in [5, 5.41) is 0. The molecule has 94 valence electrons. The third kappa shape index (κ3) is 3.30. The first kappa shape index (κ1) is 12.6. The van der Waals surface area contributed by atoms with Crippen LogP contribution < -0.4 is 5.73 Å². The summed E-state index contributed by atoms with van der Waals surface area (Å²) in [6.07, 6.45) is 3.86. The van der Waals surface area contributed by atoms with Crippen molar-refractivity contribution in [2.75, 3.05) is 19.6 Å². The largest absolute Gasteiger partial charge is 0.330 e. The monoisotopic (exact) mass is 232 g/mol. The van der Waals surface area contributed by atoms with E-state index in [1.807, 2.05) is 0 Å². The molecule has 0 amide bonds. The molecule has 0 aliphatic carbocycles. The molecule has 17 heavy (non-hydrogen) atoms. The lowest BCUT2D eigenvalue weighted by Gasteiger charge is -2.37. The molecule has 1 aliphatic heterocycles.